The van der Waals surface area contributed by atoms with E-state index in [0.29, 0.717) is 6.04 Å². The minimum atomic E-state index is -0.229. The zero-order valence-electron chi connectivity index (χ0n) is 8.77. The maximum atomic E-state index is 9.09. The lowest BCUT2D eigenvalue weighted by molar-refractivity contribution is 0.182. The van der Waals surface area contributed by atoms with Crippen LogP contribution in [0, 0.1) is 0 Å². The van der Waals surface area contributed by atoms with Crippen LogP contribution in [-0.2, 0) is 0 Å². The van der Waals surface area contributed by atoms with E-state index in [0.717, 1.165) is 13.0 Å². The second kappa shape index (κ2) is 5.73. The Kier molecular flexibility index (Phi) is 4.56. The summed E-state index contributed by atoms with van der Waals surface area (Å²) in [5, 5.41) is 12.4. The third-order valence-electron chi connectivity index (χ3n) is 2.22. The predicted octanol–water partition coefficient (Wildman–Crippen LogP) is 1.50. The lowest BCUT2D eigenvalue weighted by Gasteiger charge is -2.14. The molecule has 3 heteroatoms. The van der Waals surface area contributed by atoms with E-state index in [1.165, 1.54) is 5.56 Å². The van der Waals surface area contributed by atoms with Gasteiger partial charge in [-0.15, -0.1) is 0 Å². The van der Waals surface area contributed by atoms with Crippen LogP contribution in [-0.4, -0.2) is 22.7 Å². The van der Waals surface area contributed by atoms with Gasteiger partial charge in [0.15, 0.2) is 0 Å². The summed E-state index contributed by atoms with van der Waals surface area (Å²) in [4.78, 5) is 3.97. The standard InChI is InChI=1S/C11H18N2O/c1-9(14)3-8-13-10(2)11-4-6-12-7-5-11/h4-7,9-10,13-14H,3,8H2,1-2H3. The number of aliphatic hydroxyl groups excluding tert-OH is 1. The molecular formula is C11H18N2O. The fraction of sp³-hybridized carbons (Fsp3) is 0.545. The molecule has 1 rings (SSSR count). The molecule has 3 nitrogen and oxygen atoms in total. The summed E-state index contributed by atoms with van der Waals surface area (Å²) < 4.78 is 0. The second-order valence-electron chi connectivity index (χ2n) is 3.59. The molecule has 0 aliphatic rings. The molecule has 14 heavy (non-hydrogen) atoms. The fourth-order valence-corrected chi connectivity index (χ4v) is 1.28. The zero-order valence-corrected chi connectivity index (χ0v) is 8.77. The molecule has 2 unspecified atom stereocenters. The maximum absolute atomic E-state index is 9.09. The Balaban J connectivity index is 2.32. The van der Waals surface area contributed by atoms with Crippen molar-refractivity contribution in [2.75, 3.05) is 6.54 Å². The Morgan fingerprint density at radius 1 is 1.36 bits per heavy atom. The van der Waals surface area contributed by atoms with Crippen LogP contribution in [0.4, 0.5) is 0 Å². The fourth-order valence-electron chi connectivity index (χ4n) is 1.28. The monoisotopic (exact) mass is 194 g/mol. The van der Waals surface area contributed by atoms with Crippen molar-refractivity contribution < 1.29 is 5.11 Å². The molecule has 0 amide bonds. The van der Waals surface area contributed by atoms with E-state index in [1.54, 1.807) is 19.3 Å². The van der Waals surface area contributed by atoms with Gasteiger partial charge in [0.1, 0.15) is 0 Å². The van der Waals surface area contributed by atoms with Crippen LogP contribution < -0.4 is 5.32 Å². The second-order valence-corrected chi connectivity index (χ2v) is 3.59. The number of nitrogens with one attached hydrogen (secondary N) is 1. The van der Waals surface area contributed by atoms with Crippen LogP contribution in [0.1, 0.15) is 31.9 Å². The Labute approximate surface area is 85.2 Å². The van der Waals surface area contributed by atoms with Crippen molar-refractivity contribution in [3.63, 3.8) is 0 Å². The van der Waals surface area contributed by atoms with Crippen LogP contribution in [0.3, 0.4) is 0 Å². The van der Waals surface area contributed by atoms with Gasteiger partial charge in [0.05, 0.1) is 6.10 Å². The summed E-state index contributed by atoms with van der Waals surface area (Å²) in [5.74, 6) is 0. The molecule has 1 heterocycles. The highest BCUT2D eigenvalue weighted by atomic mass is 16.3. The molecular weight excluding hydrogens is 176 g/mol. The van der Waals surface area contributed by atoms with Crippen LogP contribution >= 0.6 is 0 Å². The van der Waals surface area contributed by atoms with Crippen molar-refractivity contribution in [1.82, 2.24) is 10.3 Å². The number of pyridine rings is 1. The summed E-state index contributed by atoms with van der Waals surface area (Å²) in [6.07, 6.45) is 4.15. The van der Waals surface area contributed by atoms with Crippen molar-refractivity contribution in [2.24, 2.45) is 0 Å². The van der Waals surface area contributed by atoms with Crippen LogP contribution in [0.5, 0.6) is 0 Å². The van der Waals surface area contributed by atoms with Gasteiger partial charge >= 0.3 is 0 Å². The summed E-state index contributed by atoms with van der Waals surface area (Å²) in [6, 6.07) is 4.32. The van der Waals surface area contributed by atoms with E-state index in [9.17, 15) is 0 Å². The predicted molar refractivity (Wildman–Crippen MR) is 57.0 cm³/mol. The molecule has 0 radical (unpaired) electrons. The topological polar surface area (TPSA) is 45.1 Å². The number of hydrogen-bond acceptors (Lipinski definition) is 3. The number of nitrogens with zero attached hydrogens (tertiary/aromatic N) is 1. The molecule has 2 N–H and O–H groups in total. The van der Waals surface area contributed by atoms with Gasteiger partial charge in [-0.05, 0) is 44.5 Å². The van der Waals surface area contributed by atoms with Crippen molar-refractivity contribution >= 4 is 0 Å². The summed E-state index contributed by atoms with van der Waals surface area (Å²) >= 11 is 0. The lowest BCUT2D eigenvalue weighted by Crippen LogP contribution is -2.22. The van der Waals surface area contributed by atoms with Crippen LogP contribution in [0.25, 0.3) is 0 Å². The van der Waals surface area contributed by atoms with Gasteiger partial charge in [0.2, 0.25) is 0 Å². The first-order valence-corrected chi connectivity index (χ1v) is 5.01. The molecule has 0 aliphatic carbocycles. The van der Waals surface area contributed by atoms with E-state index in [1.807, 2.05) is 12.1 Å². The smallest absolute Gasteiger partial charge is 0.0524 e. The molecule has 1 aromatic rings. The Bertz CT molecular complexity index is 249. The number of hydrogen-bond donors (Lipinski definition) is 2. The minimum absolute atomic E-state index is 0.229. The average Bonchev–Trinajstić information content (AvgIpc) is 2.18. The first-order chi connectivity index (χ1) is 6.70. The Morgan fingerprint density at radius 3 is 2.57 bits per heavy atom. The lowest BCUT2D eigenvalue weighted by atomic mass is 10.1. The van der Waals surface area contributed by atoms with E-state index in [4.69, 9.17) is 5.11 Å². The average molecular weight is 194 g/mol. The molecule has 2 atom stereocenters. The van der Waals surface area contributed by atoms with Crippen LogP contribution in [0.2, 0.25) is 0 Å². The van der Waals surface area contributed by atoms with E-state index in [-0.39, 0.29) is 6.10 Å². The van der Waals surface area contributed by atoms with E-state index in [2.05, 4.69) is 17.2 Å². The van der Waals surface area contributed by atoms with Gasteiger partial charge in [0, 0.05) is 18.4 Å². The molecule has 1 aromatic heterocycles. The highest BCUT2D eigenvalue weighted by molar-refractivity contribution is 5.13. The molecule has 0 saturated carbocycles. The summed E-state index contributed by atoms with van der Waals surface area (Å²) in [5.41, 5.74) is 1.23. The molecule has 0 spiro atoms. The highest BCUT2D eigenvalue weighted by Crippen LogP contribution is 2.09. The quantitative estimate of drug-likeness (QED) is 0.746. The molecule has 0 bridgehead atoms. The molecule has 0 fully saturated rings. The van der Waals surface area contributed by atoms with Gasteiger partial charge in [-0.25, -0.2) is 0 Å². The Hall–Kier alpha value is -0.930. The molecule has 0 aromatic carbocycles. The summed E-state index contributed by atoms with van der Waals surface area (Å²) in [6.45, 7) is 4.75. The third kappa shape index (κ3) is 3.85. The largest absolute Gasteiger partial charge is 0.393 e. The molecule has 0 aliphatic heterocycles. The SMILES string of the molecule is CC(O)CCNC(C)c1ccncc1. The first kappa shape index (κ1) is 11.1. The Morgan fingerprint density at radius 2 is 2.00 bits per heavy atom. The minimum Gasteiger partial charge on any atom is -0.393 e. The van der Waals surface area contributed by atoms with Crippen molar-refractivity contribution in [3.8, 4) is 0 Å². The maximum Gasteiger partial charge on any atom is 0.0524 e. The van der Waals surface area contributed by atoms with Gasteiger partial charge in [-0.3, -0.25) is 4.98 Å². The van der Waals surface area contributed by atoms with Crippen molar-refractivity contribution in [1.29, 1.82) is 0 Å². The molecule has 78 valence electrons. The number of aromatic nitrogens is 1. The van der Waals surface area contributed by atoms with Gasteiger partial charge in [-0.1, -0.05) is 0 Å². The number of aliphatic hydroxyl groups is 1. The normalized spacial score (nSPS) is 15.1. The van der Waals surface area contributed by atoms with Crippen molar-refractivity contribution in [2.45, 2.75) is 32.4 Å². The summed E-state index contributed by atoms with van der Waals surface area (Å²) in [7, 11) is 0. The van der Waals surface area contributed by atoms with Crippen molar-refractivity contribution in [3.05, 3.63) is 30.1 Å². The highest BCUT2D eigenvalue weighted by Gasteiger charge is 2.03. The van der Waals surface area contributed by atoms with Gasteiger partial charge in [-0.2, -0.15) is 0 Å². The first-order valence-electron chi connectivity index (χ1n) is 5.01. The van der Waals surface area contributed by atoms with Gasteiger partial charge in [0.25, 0.3) is 0 Å². The van der Waals surface area contributed by atoms with Crippen LogP contribution in [0.15, 0.2) is 24.5 Å². The zero-order chi connectivity index (χ0) is 10.4. The third-order valence-corrected chi connectivity index (χ3v) is 2.22. The molecule has 0 saturated heterocycles. The number of rotatable bonds is 5. The van der Waals surface area contributed by atoms with Gasteiger partial charge < -0.3 is 10.4 Å². The van der Waals surface area contributed by atoms with E-state index >= 15 is 0 Å². The van der Waals surface area contributed by atoms with E-state index < -0.39 is 0 Å².